The summed E-state index contributed by atoms with van der Waals surface area (Å²) < 4.78 is 5.36. The molecule has 1 fully saturated rings. The minimum absolute atomic E-state index is 0.364. The van der Waals surface area contributed by atoms with Crippen molar-refractivity contribution in [2.24, 2.45) is 0 Å². The highest BCUT2D eigenvalue weighted by Crippen LogP contribution is 2.39. The van der Waals surface area contributed by atoms with E-state index in [1.54, 1.807) is 18.4 Å². The largest absolute Gasteiger partial charge is 0.490 e. The highest BCUT2D eigenvalue weighted by molar-refractivity contribution is 7.07. The lowest BCUT2D eigenvalue weighted by Crippen LogP contribution is -2.26. The molecule has 2 aromatic heterocycles. The molecule has 0 radical (unpaired) electrons. The van der Waals surface area contributed by atoms with E-state index in [2.05, 4.69) is 31.7 Å². The number of halogens is 1. The summed E-state index contributed by atoms with van der Waals surface area (Å²) >= 11 is 7.79. The monoisotopic (exact) mass is 295 g/mol. The molecule has 19 heavy (non-hydrogen) atoms. The van der Waals surface area contributed by atoms with E-state index in [1.165, 1.54) is 24.7 Å². The zero-order chi connectivity index (χ0) is 13.2. The normalized spacial score (nSPS) is 14.4. The van der Waals surface area contributed by atoms with Crippen molar-refractivity contribution in [3.63, 3.8) is 0 Å². The second-order valence-corrected chi connectivity index (χ2v) is 5.65. The quantitative estimate of drug-likeness (QED) is 0.793. The highest BCUT2D eigenvalue weighted by atomic mass is 35.5. The van der Waals surface area contributed by atoms with Crippen molar-refractivity contribution in [1.29, 1.82) is 0 Å². The van der Waals surface area contributed by atoms with E-state index in [0.29, 0.717) is 16.9 Å². The average molecular weight is 296 g/mol. The Morgan fingerprint density at radius 2 is 2.32 bits per heavy atom. The van der Waals surface area contributed by atoms with Crippen LogP contribution < -0.4 is 9.64 Å². The molecule has 2 heterocycles. The van der Waals surface area contributed by atoms with E-state index < -0.39 is 0 Å². The van der Waals surface area contributed by atoms with E-state index in [1.807, 2.05) is 0 Å². The van der Waals surface area contributed by atoms with Gasteiger partial charge in [0.1, 0.15) is 6.33 Å². The Balaban J connectivity index is 1.94. The van der Waals surface area contributed by atoms with Crippen molar-refractivity contribution in [1.82, 2.24) is 9.97 Å². The average Bonchev–Trinajstić information content (AvgIpc) is 3.13. The molecule has 0 aliphatic heterocycles. The van der Waals surface area contributed by atoms with Gasteiger partial charge in [0.05, 0.1) is 7.11 Å². The molecule has 2 aromatic rings. The molecule has 100 valence electrons. The fourth-order valence-electron chi connectivity index (χ4n) is 2.07. The van der Waals surface area contributed by atoms with Crippen LogP contribution in [0.5, 0.6) is 5.75 Å². The Bertz CT molecular complexity index is 557. The Morgan fingerprint density at radius 3 is 2.95 bits per heavy atom. The van der Waals surface area contributed by atoms with Crippen LogP contribution in [0.1, 0.15) is 18.4 Å². The standard InChI is InChI=1S/C13H14ClN3OS/c1-18-11-12(14)15-8-16-13(11)17(10-2-3-10)6-9-4-5-19-7-9/h4-5,7-8,10H,2-3,6H2,1H3. The van der Waals surface area contributed by atoms with E-state index in [0.717, 1.165) is 12.4 Å². The summed E-state index contributed by atoms with van der Waals surface area (Å²) in [6.07, 6.45) is 3.87. The molecule has 0 amide bonds. The minimum atomic E-state index is 0.364. The first-order valence-electron chi connectivity index (χ1n) is 6.12. The maximum atomic E-state index is 6.08. The molecule has 0 unspecified atom stereocenters. The van der Waals surface area contributed by atoms with Crippen LogP contribution >= 0.6 is 22.9 Å². The molecule has 0 bridgehead atoms. The molecule has 0 spiro atoms. The smallest absolute Gasteiger partial charge is 0.199 e. The van der Waals surface area contributed by atoms with Crippen LogP contribution in [0, 0.1) is 0 Å². The molecule has 0 atom stereocenters. The first-order valence-corrected chi connectivity index (χ1v) is 7.44. The zero-order valence-electron chi connectivity index (χ0n) is 10.5. The molecule has 0 N–H and O–H groups in total. The molecule has 4 nitrogen and oxygen atoms in total. The predicted octanol–water partition coefficient (Wildman–Crippen LogP) is 3.37. The number of ether oxygens (including phenoxy) is 1. The number of hydrogen-bond donors (Lipinski definition) is 0. The fourth-order valence-corrected chi connectivity index (χ4v) is 2.93. The van der Waals surface area contributed by atoms with Gasteiger partial charge >= 0.3 is 0 Å². The van der Waals surface area contributed by atoms with Crippen molar-refractivity contribution >= 4 is 28.8 Å². The third-order valence-electron chi connectivity index (χ3n) is 3.14. The zero-order valence-corrected chi connectivity index (χ0v) is 12.1. The summed E-state index contributed by atoms with van der Waals surface area (Å²) in [4.78, 5) is 10.6. The lowest BCUT2D eigenvalue weighted by Gasteiger charge is -2.24. The summed E-state index contributed by atoms with van der Waals surface area (Å²) in [5.74, 6) is 1.35. The van der Waals surface area contributed by atoms with Crippen LogP contribution in [0.3, 0.4) is 0 Å². The minimum Gasteiger partial charge on any atom is -0.490 e. The molecule has 1 aliphatic rings. The SMILES string of the molecule is COc1c(Cl)ncnc1N(Cc1ccsc1)C1CC1. The Kier molecular flexibility index (Phi) is 3.57. The number of nitrogens with zero attached hydrogens (tertiary/aromatic N) is 3. The predicted molar refractivity (Wildman–Crippen MR) is 77.1 cm³/mol. The summed E-state index contributed by atoms with van der Waals surface area (Å²) in [6, 6.07) is 2.66. The van der Waals surface area contributed by atoms with Crippen LogP contribution in [-0.4, -0.2) is 23.1 Å². The van der Waals surface area contributed by atoms with E-state index in [9.17, 15) is 0 Å². The number of thiophene rings is 1. The van der Waals surface area contributed by atoms with Crippen molar-refractivity contribution in [2.75, 3.05) is 12.0 Å². The van der Waals surface area contributed by atoms with Gasteiger partial charge in [0.2, 0.25) is 0 Å². The summed E-state index contributed by atoms with van der Waals surface area (Å²) in [5, 5.41) is 4.61. The Morgan fingerprint density at radius 1 is 1.47 bits per heavy atom. The van der Waals surface area contributed by atoms with Gasteiger partial charge in [0.15, 0.2) is 16.7 Å². The van der Waals surface area contributed by atoms with Gasteiger partial charge in [-0.25, -0.2) is 9.97 Å². The van der Waals surface area contributed by atoms with Gasteiger partial charge < -0.3 is 9.64 Å². The molecular formula is C13H14ClN3OS. The lowest BCUT2D eigenvalue weighted by atomic mass is 10.3. The van der Waals surface area contributed by atoms with Crippen LogP contribution in [0.25, 0.3) is 0 Å². The van der Waals surface area contributed by atoms with E-state index >= 15 is 0 Å². The van der Waals surface area contributed by atoms with Gasteiger partial charge in [-0.2, -0.15) is 11.3 Å². The number of methoxy groups -OCH3 is 1. The topological polar surface area (TPSA) is 38.3 Å². The molecule has 0 aromatic carbocycles. The molecule has 1 saturated carbocycles. The van der Waals surface area contributed by atoms with Gasteiger partial charge in [-0.1, -0.05) is 11.6 Å². The van der Waals surface area contributed by atoms with Crippen molar-refractivity contribution in [3.05, 3.63) is 33.9 Å². The second kappa shape index (κ2) is 5.35. The summed E-state index contributed by atoms with van der Waals surface area (Å²) in [7, 11) is 1.60. The van der Waals surface area contributed by atoms with Gasteiger partial charge in [-0.3, -0.25) is 0 Å². The summed E-state index contributed by atoms with van der Waals surface area (Å²) in [6.45, 7) is 0.831. The van der Waals surface area contributed by atoms with Gasteiger partial charge in [-0.05, 0) is 35.2 Å². The van der Waals surface area contributed by atoms with Gasteiger partial charge in [0.25, 0.3) is 0 Å². The Labute approximate surface area is 121 Å². The van der Waals surface area contributed by atoms with E-state index in [-0.39, 0.29) is 0 Å². The van der Waals surface area contributed by atoms with Crippen LogP contribution in [0.2, 0.25) is 5.15 Å². The molecule has 0 saturated heterocycles. The number of anilines is 1. The fraction of sp³-hybridized carbons (Fsp3) is 0.385. The third-order valence-corrected chi connectivity index (χ3v) is 4.14. The van der Waals surface area contributed by atoms with Crippen LogP contribution in [0.4, 0.5) is 5.82 Å². The lowest BCUT2D eigenvalue weighted by molar-refractivity contribution is 0.410. The molecule has 6 heteroatoms. The van der Waals surface area contributed by atoms with Gasteiger partial charge in [-0.15, -0.1) is 0 Å². The third kappa shape index (κ3) is 2.67. The van der Waals surface area contributed by atoms with Crippen molar-refractivity contribution < 1.29 is 4.74 Å². The van der Waals surface area contributed by atoms with Crippen molar-refractivity contribution in [2.45, 2.75) is 25.4 Å². The Hall–Kier alpha value is -1.33. The number of rotatable bonds is 5. The molecular weight excluding hydrogens is 282 g/mol. The van der Waals surface area contributed by atoms with Crippen LogP contribution in [0.15, 0.2) is 23.2 Å². The molecule has 1 aliphatic carbocycles. The number of hydrogen-bond acceptors (Lipinski definition) is 5. The maximum Gasteiger partial charge on any atom is 0.199 e. The van der Waals surface area contributed by atoms with E-state index in [4.69, 9.17) is 16.3 Å². The first-order chi connectivity index (χ1) is 9.29. The second-order valence-electron chi connectivity index (χ2n) is 4.51. The first kappa shape index (κ1) is 12.7. The highest BCUT2D eigenvalue weighted by Gasteiger charge is 2.32. The molecule has 3 rings (SSSR count). The van der Waals surface area contributed by atoms with Crippen LogP contribution in [-0.2, 0) is 6.54 Å². The maximum absolute atomic E-state index is 6.08. The van der Waals surface area contributed by atoms with Crippen molar-refractivity contribution in [3.8, 4) is 5.75 Å². The van der Waals surface area contributed by atoms with Gasteiger partial charge in [0, 0.05) is 12.6 Å². The number of aromatic nitrogens is 2. The summed E-state index contributed by atoms with van der Waals surface area (Å²) in [5.41, 5.74) is 1.29.